The number of ether oxygens (including phenoxy) is 1. The molecule has 0 bridgehead atoms. The Kier molecular flexibility index (Phi) is 4.11. The van der Waals surface area contributed by atoms with Crippen molar-refractivity contribution in [3.63, 3.8) is 0 Å². The van der Waals surface area contributed by atoms with Crippen LogP contribution in [0.15, 0.2) is 18.2 Å². The van der Waals surface area contributed by atoms with E-state index in [2.05, 4.69) is 20.8 Å². The molecule has 1 atom stereocenters. The number of nitrogens with zero attached hydrogens (tertiary/aromatic N) is 1. The van der Waals surface area contributed by atoms with Gasteiger partial charge < -0.3 is 10.5 Å². The quantitative estimate of drug-likeness (QED) is 0.925. The van der Waals surface area contributed by atoms with Crippen molar-refractivity contribution in [1.82, 2.24) is 4.98 Å². The molecule has 0 saturated heterocycles. The first-order valence-electron chi connectivity index (χ1n) is 6.57. The van der Waals surface area contributed by atoms with E-state index in [-0.39, 0.29) is 5.41 Å². The van der Waals surface area contributed by atoms with Crippen LogP contribution in [0.25, 0.3) is 10.2 Å². The summed E-state index contributed by atoms with van der Waals surface area (Å²) < 4.78 is 6.42. The molecule has 0 radical (unpaired) electrons. The summed E-state index contributed by atoms with van der Waals surface area (Å²) in [5.41, 5.74) is 7.23. The average molecular weight is 278 g/mol. The molecule has 0 aliphatic heterocycles. The van der Waals surface area contributed by atoms with Gasteiger partial charge in [0, 0.05) is 12.5 Å². The summed E-state index contributed by atoms with van der Waals surface area (Å²) in [7, 11) is 1.69. The van der Waals surface area contributed by atoms with Gasteiger partial charge in [-0.05, 0) is 30.0 Å². The van der Waals surface area contributed by atoms with E-state index in [1.165, 1.54) is 4.70 Å². The van der Waals surface area contributed by atoms with E-state index in [0.29, 0.717) is 12.5 Å². The minimum Gasteiger partial charge on any atom is -0.497 e. The highest BCUT2D eigenvalue weighted by Crippen LogP contribution is 2.35. The van der Waals surface area contributed by atoms with Crippen molar-refractivity contribution < 1.29 is 4.74 Å². The Hall–Kier alpha value is -1.13. The lowest BCUT2D eigenvalue weighted by Gasteiger charge is -2.23. The Balaban J connectivity index is 2.33. The third-order valence-electron chi connectivity index (χ3n) is 3.10. The fourth-order valence-corrected chi connectivity index (χ4v) is 3.34. The van der Waals surface area contributed by atoms with E-state index >= 15 is 0 Å². The molecule has 0 fully saturated rings. The third kappa shape index (κ3) is 3.45. The highest BCUT2D eigenvalue weighted by molar-refractivity contribution is 7.18. The number of thiazole rings is 1. The molecule has 0 aliphatic carbocycles. The van der Waals surface area contributed by atoms with Crippen LogP contribution in [0, 0.1) is 5.41 Å². The maximum Gasteiger partial charge on any atom is 0.120 e. The third-order valence-corrected chi connectivity index (χ3v) is 4.29. The zero-order valence-electron chi connectivity index (χ0n) is 12.1. The van der Waals surface area contributed by atoms with Crippen LogP contribution in [0.1, 0.15) is 38.1 Å². The summed E-state index contributed by atoms with van der Waals surface area (Å²) in [4.78, 5) is 4.73. The summed E-state index contributed by atoms with van der Waals surface area (Å²) in [6.07, 6.45) is 1.06. The molecule has 0 saturated carbocycles. The Labute approximate surface area is 118 Å². The largest absolute Gasteiger partial charge is 0.497 e. The standard InChI is InChI=1S/C15H22N2OS/c1-15(2,3)8-10(9-16)14-17-12-6-5-11(18-4)7-13(12)19-14/h5-7,10H,8-9,16H2,1-4H3. The molecule has 1 aromatic carbocycles. The molecule has 2 rings (SSSR count). The van der Waals surface area contributed by atoms with E-state index in [4.69, 9.17) is 15.5 Å². The maximum absolute atomic E-state index is 5.93. The van der Waals surface area contributed by atoms with Crippen molar-refractivity contribution in [3.05, 3.63) is 23.2 Å². The Morgan fingerprint density at radius 1 is 1.37 bits per heavy atom. The second-order valence-corrected chi connectivity index (χ2v) is 7.15. The predicted octanol–water partition coefficient (Wildman–Crippen LogP) is 3.78. The molecule has 1 heterocycles. The van der Waals surface area contributed by atoms with Gasteiger partial charge in [0.05, 0.1) is 22.3 Å². The zero-order chi connectivity index (χ0) is 14.0. The molecule has 104 valence electrons. The Bertz CT molecular complexity index is 557. The van der Waals surface area contributed by atoms with Crippen LogP contribution in [-0.4, -0.2) is 18.6 Å². The summed E-state index contributed by atoms with van der Waals surface area (Å²) in [5.74, 6) is 1.21. The minimum absolute atomic E-state index is 0.263. The molecule has 0 aliphatic rings. The monoisotopic (exact) mass is 278 g/mol. The number of hydrogen-bond donors (Lipinski definition) is 1. The predicted molar refractivity (Wildman–Crippen MR) is 82.0 cm³/mol. The van der Waals surface area contributed by atoms with Gasteiger partial charge in [-0.15, -0.1) is 11.3 Å². The summed E-state index contributed by atoms with van der Waals surface area (Å²) >= 11 is 1.73. The lowest BCUT2D eigenvalue weighted by Crippen LogP contribution is -2.19. The maximum atomic E-state index is 5.93. The number of benzene rings is 1. The van der Waals surface area contributed by atoms with Crippen molar-refractivity contribution in [2.24, 2.45) is 11.1 Å². The summed E-state index contributed by atoms with van der Waals surface area (Å²) in [6.45, 7) is 7.37. The van der Waals surface area contributed by atoms with E-state index in [0.717, 1.165) is 22.7 Å². The Morgan fingerprint density at radius 3 is 2.68 bits per heavy atom. The number of rotatable bonds is 4. The Morgan fingerprint density at radius 2 is 2.11 bits per heavy atom. The first kappa shape index (κ1) is 14.3. The van der Waals surface area contributed by atoms with Gasteiger partial charge in [-0.2, -0.15) is 0 Å². The molecule has 1 unspecified atom stereocenters. The molecule has 2 N–H and O–H groups in total. The van der Waals surface area contributed by atoms with Crippen LogP contribution in [0.5, 0.6) is 5.75 Å². The van der Waals surface area contributed by atoms with Gasteiger partial charge >= 0.3 is 0 Å². The zero-order valence-corrected chi connectivity index (χ0v) is 12.9. The van der Waals surface area contributed by atoms with Gasteiger partial charge in [0.15, 0.2) is 0 Å². The van der Waals surface area contributed by atoms with Crippen LogP contribution in [0.2, 0.25) is 0 Å². The van der Waals surface area contributed by atoms with Gasteiger partial charge in [-0.3, -0.25) is 0 Å². The molecule has 2 aromatic rings. The normalized spacial score (nSPS) is 13.7. The molecule has 0 spiro atoms. The number of aromatic nitrogens is 1. The molecular formula is C15H22N2OS. The lowest BCUT2D eigenvalue weighted by molar-refractivity contribution is 0.341. The number of fused-ring (bicyclic) bond motifs is 1. The minimum atomic E-state index is 0.263. The fraction of sp³-hybridized carbons (Fsp3) is 0.533. The van der Waals surface area contributed by atoms with E-state index in [9.17, 15) is 0 Å². The van der Waals surface area contributed by atoms with Gasteiger partial charge in [0.1, 0.15) is 5.75 Å². The molecule has 1 aromatic heterocycles. The number of methoxy groups -OCH3 is 1. The number of nitrogens with two attached hydrogens (primary N) is 1. The highest BCUT2D eigenvalue weighted by Gasteiger charge is 2.22. The van der Waals surface area contributed by atoms with E-state index in [1.54, 1.807) is 18.4 Å². The first-order chi connectivity index (χ1) is 8.93. The molecule has 3 nitrogen and oxygen atoms in total. The van der Waals surface area contributed by atoms with Crippen molar-refractivity contribution >= 4 is 21.6 Å². The van der Waals surface area contributed by atoms with Gasteiger partial charge in [0.2, 0.25) is 0 Å². The fourth-order valence-electron chi connectivity index (χ4n) is 2.24. The van der Waals surface area contributed by atoms with E-state index < -0.39 is 0 Å². The van der Waals surface area contributed by atoms with Crippen LogP contribution in [-0.2, 0) is 0 Å². The molecular weight excluding hydrogens is 256 g/mol. The summed E-state index contributed by atoms with van der Waals surface area (Å²) in [5, 5.41) is 1.14. The second-order valence-electron chi connectivity index (χ2n) is 6.08. The van der Waals surface area contributed by atoms with Crippen molar-refractivity contribution in [2.75, 3.05) is 13.7 Å². The van der Waals surface area contributed by atoms with Crippen molar-refractivity contribution in [2.45, 2.75) is 33.1 Å². The molecule has 4 heteroatoms. The van der Waals surface area contributed by atoms with Crippen LogP contribution >= 0.6 is 11.3 Å². The van der Waals surface area contributed by atoms with Crippen molar-refractivity contribution in [1.29, 1.82) is 0 Å². The van der Waals surface area contributed by atoms with Gasteiger partial charge in [-0.1, -0.05) is 20.8 Å². The van der Waals surface area contributed by atoms with E-state index in [1.807, 2.05) is 18.2 Å². The SMILES string of the molecule is COc1ccc2nc(C(CN)CC(C)(C)C)sc2c1. The number of hydrogen-bond acceptors (Lipinski definition) is 4. The van der Waals surface area contributed by atoms with Crippen LogP contribution in [0.4, 0.5) is 0 Å². The highest BCUT2D eigenvalue weighted by atomic mass is 32.1. The average Bonchev–Trinajstić information content (AvgIpc) is 2.77. The molecule has 0 amide bonds. The van der Waals surface area contributed by atoms with Gasteiger partial charge in [-0.25, -0.2) is 4.98 Å². The van der Waals surface area contributed by atoms with Gasteiger partial charge in [0.25, 0.3) is 0 Å². The second kappa shape index (κ2) is 5.47. The lowest BCUT2D eigenvalue weighted by atomic mass is 9.85. The van der Waals surface area contributed by atoms with Crippen molar-refractivity contribution in [3.8, 4) is 5.75 Å². The summed E-state index contributed by atoms with van der Waals surface area (Å²) in [6, 6.07) is 6.01. The first-order valence-corrected chi connectivity index (χ1v) is 7.39. The molecule has 19 heavy (non-hydrogen) atoms. The topological polar surface area (TPSA) is 48.1 Å². The van der Waals surface area contributed by atoms with Crippen LogP contribution < -0.4 is 10.5 Å². The smallest absolute Gasteiger partial charge is 0.120 e. The van der Waals surface area contributed by atoms with Crippen LogP contribution in [0.3, 0.4) is 0 Å².